The molecule has 0 spiro atoms. The number of ether oxygens (including phenoxy) is 1. The topological polar surface area (TPSA) is 34.4 Å². The summed E-state index contributed by atoms with van der Waals surface area (Å²) in [6, 6.07) is 7.86. The number of methoxy groups -OCH3 is 1. The lowest BCUT2D eigenvalue weighted by Gasteiger charge is -1.99. The molecule has 0 amide bonds. The molecule has 0 saturated carbocycles. The average molecular weight is 229 g/mol. The Hall–Kier alpha value is -1.92. The normalized spacial score (nSPS) is 10.4. The zero-order valence-corrected chi connectivity index (χ0v) is 9.82. The van der Waals surface area contributed by atoms with Crippen LogP contribution in [0.4, 0.5) is 0 Å². The maximum atomic E-state index is 5.73. The molecule has 2 rings (SSSR count). The first kappa shape index (κ1) is 11.6. The first-order valence-corrected chi connectivity index (χ1v) is 5.54. The van der Waals surface area contributed by atoms with Crippen LogP contribution in [0.25, 0.3) is 11.0 Å². The zero-order valence-electron chi connectivity index (χ0n) is 9.82. The van der Waals surface area contributed by atoms with Gasteiger partial charge < -0.3 is 14.5 Å². The van der Waals surface area contributed by atoms with Crippen LogP contribution in [0.3, 0.4) is 0 Å². The van der Waals surface area contributed by atoms with E-state index >= 15 is 0 Å². The third-order valence-corrected chi connectivity index (χ3v) is 2.52. The summed E-state index contributed by atoms with van der Waals surface area (Å²) in [6.45, 7) is 1.48. The molecule has 1 heterocycles. The average Bonchev–Trinajstić information content (AvgIpc) is 2.77. The Morgan fingerprint density at radius 3 is 3.12 bits per heavy atom. The van der Waals surface area contributed by atoms with Gasteiger partial charge in [-0.2, -0.15) is 0 Å². The van der Waals surface area contributed by atoms with Crippen molar-refractivity contribution in [1.29, 1.82) is 0 Å². The van der Waals surface area contributed by atoms with E-state index in [4.69, 9.17) is 15.6 Å². The van der Waals surface area contributed by atoms with Crippen molar-refractivity contribution < 1.29 is 9.15 Å². The molecular weight excluding hydrogens is 214 g/mol. The summed E-state index contributed by atoms with van der Waals surface area (Å²) in [5.74, 6) is 4.24. The quantitative estimate of drug-likeness (QED) is 0.632. The van der Waals surface area contributed by atoms with E-state index < -0.39 is 0 Å². The van der Waals surface area contributed by atoms with Crippen LogP contribution in [0.1, 0.15) is 12.2 Å². The van der Waals surface area contributed by atoms with Gasteiger partial charge in [0.1, 0.15) is 5.76 Å². The van der Waals surface area contributed by atoms with Crippen molar-refractivity contribution in [2.24, 2.45) is 0 Å². The summed E-state index contributed by atoms with van der Waals surface area (Å²) >= 11 is 0. The van der Waals surface area contributed by atoms with E-state index in [0.717, 1.165) is 35.4 Å². The molecule has 3 nitrogen and oxygen atoms in total. The Morgan fingerprint density at radius 2 is 2.35 bits per heavy atom. The van der Waals surface area contributed by atoms with Gasteiger partial charge in [0.25, 0.3) is 0 Å². The van der Waals surface area contributed by atoms with Gasteiger partial charge >= 0.3 is 0 Å². The van der Waals surface area contributed by atoms with Gasteiger partial charge in [-0.15, -0.1) is 12.3 Å². The van der Waals surface area contributed by atoms with Crippen molar-refractivity contribution >= 4 is 11.0 Å². The monoisotopic (exact) mass is 229 g/mol. The summed E-state index contributed by atoms with van der Waals surface area (Å²) in [4.78, 5) is 0. The Bertz CT molecular complexity index is 537. The number of fused-ring (bicyclic) bond motifs is 1. The summed E-state index contributed by atoms with van der Waals surface area (Å²) in [5.41, 5.74) is 0.795. The van der Waals surface area contributed by atoms with Crippen LogP contribution in [-0.2, 0) is 6.54 Å². The molecule has 0 fully saturated rings. The molecule has 1 aromatic heterocycles. The van der Waals surface area contributed by atoms with E-state index in [1.807, 2.05) is 24.3 Å². The second-order valence-electron chi connectivity index (χ2n) is 3.72. The van der Waals surface area contributed by atoms with Crippen LogP contribution < -0.4 is 10.1 Å². The molecule has 0 aliphatic heterocycles. The van der Waals surface area contributed by atoms with E-state index in [9.17, 15) is 0 Å². The van der Waals surface area contributed by atoms with Gasteiger partial charge in [0.15, 0.2) is 11.3 Å². The van der Waals surface area contributed by atoms with Crippen LogP contribution in [0.15, 0.2) is 28.7 Å². The zero-order chi connectivity index (χ0) is 12.1. The molecule has 88 valence electrons. The van der Waals surface area contributed by atoms with Gasteiger partial charge in [-0.1, -0.05) is 12.1 Å². The fourth-order valence-electron chi connectivity index (χ4n) is 1.71. The van der Waals surface area contributed by atoms with E-state index in [1.54, 1.807) is 7.11 Å². The maximum Gasteiger partial charge on any atom is 0.176 e. The number of rotatable bonds is 5. The third kappa shape index (κ3) is 2.61. The smallest absolute Gasteiger partial charge is 0.176 e. The van der Waals surface area contributed by atoms with Gasteiger partial charge in [-0.25, -0.2) is 0 Å². The molecule has 17 heavy (non-hydrogen) atoms. The minimum absolute atomic E-state index is 0.680. The summed E-state index contributed by atoms with van der Waals surface area (Å²) in [6.07, 6.45) is 5.90. The van der Waals surface area contributed by atoms with Gasteiger partial charge in [-0.05, 0) is 12.1 Å². The first-order chi connectivity index (χ1) is 8.35. The molecule has 0 unspecified atom stereocenters. The number of furan rings is 1. The number of benzene rings is 1. The number of para-hydroxylation sites is 1. The predicted octanol–water partition coefficient (Wildman–Crippen LogP) is 2.55. The van der Waals surface area contributed by atoms with Crippen molar-refractivity contribution in [3.8, 4) is 18.1 Å². The van der Waals surface area contributed by atoms with Crippen molar-refractivity contribution in [3.63, 3.8) is 0 Å². The molecule has 1 aromatic carbocycles. The molecule has 2 aromatic rings. The Balaban J connectivity index is 2.12. The lowest BCUT2D eigenvalue weighted by atomic mass is 10.2. The van der Waals surface area contributed by atoms with Crippen molar-refractivity contribution in [1.82, 2.24) is 5.32 Å². The largest absolute Gasteiger partial charge is 0.493 e. The minimum atomic E-state index is 0.680. The Kier molecular flexibility index (Phi) is 3.69. The number of hydrogen-bond donors (Lipinski definition) is 1. The summed E-state index contributed by atoms with van der Waals surface area (Å²) < 4.78 is 11.0. The van der Waals surface area contributed by atoms with E-state index in [-0.39, 0.29) is 0 Å². The molecule has 0 aliphatic carbocycles. The molecule has 0 radical (unpaired) electrons. The van der Waals surface area contributed by atoms with Crippen LogP contribution in [0, 0.1) is 12.3 Å². The highest BCUT2D eigenvalue weighted by molar-refractivity contribution is 5.83. The van der Waals surface area contributed by atoms with Crippen LogP contribution in [-0.4, -0.2) is 13.7 Å². The third-order valence-electron chi connectivity index (χ3n) is 2.52. The standard InChI is InChI=1S/C14H15NO2/c1-3-4-8-15-10-12-9-11-6-5-7-13(16-2)14(11)17-12/h1,5-7,9,15H,4,8,10H2,2H3. The Morgan fingerprint density at radius 1 is 1.47 bits per heavy atom. The predicted molar refractivity (Wildman–Crippen MR) is 67.9 cm³/mol. The highest BCUT2D eigenvalue weighted by Gasteiger charge is 2.07. The fourth-order valence-corrected chi connectivity index (χ4v) is 1.71. The van der Waals surface area contributed by atoms with Crippen LogP contribution in [0.5, 0.6) is 5.75 Å². The SMILES string of the molecule is C#CCCNCc1cc2cccc(OC)c2o1. The number of hydrogen-bond acceptors (Lipinski definition) is 3. The van der Waals surface area contributed by atoms with E-state index in [1.165, 1.54) is 0 Å². The highest BCUT2D eigenvalue weighted by atomic mass is 16.5. The molecule has 0 saturated heterocycles. The van der Waals surface area contributed by atoms with Crippen molar-refractivity contribution in [3.05, 3.63) is 30.0 Å². The fraction of sp³-hybridized carbons (Fsp3) is 0.286. The minimum Gasteiger partial charge on any atom is -0.493 e. The molecule has 3 heteroatoms. The first-order valence-electron chi connectivity index (χ1n) is 5.54. The van der Waals surface area contributed by atoms with Crippen molar-refractivity contribution in [2.45, 2.75) is 13.0 Å². The number of nitrogens with one attached hydrogen (secondary N) is 1. The molecule has 0 aliphatic rings. The molecule has 1 N–H and O–H groups in total. The molecule has 0 bridgehead atoms. The van der Waals surface area contributed by atoms with Crippen LogP contribution >= 0.6 is 0 Å². The second kappa shape index (κ2) is 5.42. The number of terminal acetylenes is 1. The lowest BCUT2D eigenvalue weighted by molar-refractivity contribution is 0.406. The van der Waals surface area contributed by atoms with Gasteiger partial charge in [0.2, 0.25) is 0 Å². The molecular formula is C14H15NO2. The highest BCUT2D eigenvalue weighted by Crippen LogP contribution is 2.28. The van der Waals surface area contributed by atoms with Gasteiger partial charge in [0.05, 0.1) is 13.7 Å². The van der Waals surface area contributed by atoms with E-state index in [2.05, 4.69) is 11.2 Å². The summed E-state index contributed by atoms with van der Waals surface area (Å²) in [7, 11) is 1.64. The second-order valence-corrected chi connectivity index (χ2v) is 3.72. The van der Waals surface area contributed by atoms with Gasteiger partial charge in [0, 0.05) is 18.4 Å². The lowest BCUT2D eigenvalue weighted by Crippen LogP contribution is -2.13. The van der Waals surface area contributed by atoms with E-state index in [0.29, 0.717) is 6.54 Å². The van der Waals surface area contributed by atoms with Gasteiger partial charge in [-0.3, -0.25) is 0 Å². The molecule has 0 atom stereocenters. The van der Waals surface area contributed by atoms with Crippen LogP contribution in [0.2, 0.25) is 0 Å². The Labute approximate surface area is 101 Å². The maximum absolute atomic E-state index is 5.73. The van der Waals surface area contributed by atoms with Crippen molar-refractivity contribution in [2.75, 3.05) is 13.7 Å². The summed E-state index contributed by atoms with van der Waals surface area (Å²) in [5, 5.41) is 4.28.